The molecule has 7 heteroatoms. The molecule has 92 valence electrons. The molecule has 0 fully saturated rings. The maximum absolute atomic E-state index is 11.2. The van der Waals surface area contributed by atoms with E-state index >= 15 is 0 Å². The van der Waals surface area contributed by atoms with Gasteiger partial charge in [0.1, 0.15) is 16.7 Å². The molecule has 0 aliphatic carbocycles. The van der Waals surface area contributed by atoms with E-state index in [1.165, 1.54) is 0 Å². The lowest BCUT2D eigenvalue weighted by Crippen LogP contribution is -2.11. The lowest BCUT2D eigenvalue weighted by Gasteiger charge is -2.07. The number of pyridine rings is 1. The number of primary amides is 1. The Morgan fingerprint density at radius 1 is 1.44 bits per heavy atom. The third-order valence-electron chi connectivity index (χ3n) is 2.65. The summed E-state index contributed by atoms with van der Waals surface area (Å²) in [7, 11) is 0. The molecule has 0 aromatic carbocycles. The first-order valence-corrected chi connectivity index (χ1v) is 5.71. The van der Waals surface area contributed by atoms with Crippen molar-refractivity contribution < 1.29 is 9.53 Å². The van der Waals surface area contributed by atoms with Crippen LogP contribution in [-0.2, 0) is 6.42 Å². The summed E-state index contributed by atoms with van der Waals surface area (Å²) in [6.45, 7) is 0.464. The molecule has 0 atom stereocenters. The van der Waals surface area contributed by atoms with E-state index in [4.69, 9.17) is 22.1 Å². The summed E-state index contributed by atoms with van der Waals surface area (Å²) in [5.41, 5.74) is 5.43. The van der Waals surface area contributed by atoms with Crippen LogP contribution < -0.4 is 10.5 Å². The third kappa shape index (κ3) is 1.70. The molecule has 2 N–H and O–H groups in total. The van der Waals surface area contributed by atoms with Crippen molar-refractivity contribution in [1.29, 1.82) is 0 Å². The number of carbonyl (C=O) groups excluding carboxylic acids is 1. The molecule has 1 aliphatic rings. The average molecular weight is 265 g/mol. The third-order valence-corrected chi connectivity index (χ3v) is 2.86. The summed E-state index contributed by atoms with van der Waals surface area (Å²) in [4.78, 5) is 19.5. The zero-order chi connectivity index (χ0) is 12.7. The molecule has 0 saturated carbocycles. The van der Waals surface area contributed by atoms with Crippen molar-refractivity contribution in [3.8, 4) is 11.6 Å². The summed E-state index contributed by atoms with van der Waals surface area (Å²) < 4.78 is 7.24. The average Bonchev–Trinajstić information content (AvgIpc) is 2.68. The van der Waals surface area contributed by atoms with E-state index in [1.807, 2.05) is 0 Å². The van der Waals surface area contributed by atoms with Gasteiger partial charge in [-0.2, -0.15) is 0 Å². The zero-order valence-electron chi connectivity index (χ0n) is 9.26. The van der Waals surface area contributed by atoms with Gasteiger partial charge in [0.25, 0.3) is 5.91 Å². The van der Waals surface area contributed by atoms with Crippen LogP contribution in [0.15, 0.2) is 18.3 Å². The van der Waals surface area contributed by atoms with Crippen LogP contribution >= 0.6 is 11.6 Å². The molecule has 0 bridgehead atoms. The molecular weight excluding hydrogens is 256 g/mol. The van der Waals surface area contributed by atoms with E-state index in [2.05, 4.69) is 9.97 Å². The van der Waals surface area contributed by atoms with E-state index in [9.17, 15) is 4.79 Å². The molecule has 0 radical (unpaired) electrons. The number of rotatable bonds is 1. The number of aromatic nitrogens is 3. The van der Waals surface area contributed by atoms with Gasteiger partial charge >= 0.3 is 0 Å². The fourth-order valence-electron chi connectivity index (χ4n) is 1.85. The molecule has 2 aromatic heterocycles. The monoisotopic (exact) mass is 264 g/mol. The smallest absolute Gasteiger partial charge is 0.268 e. The van der Waals surface area contributed by atoms with E-state index in [0.717, 1.165) is 0 Å². The first kappa shape index (κ1) is 11.0. The molecule has 3 rings (SSSR count). The lowest BCUT2D eigenvalue weighted by atomic mass is 10.4. The van der Waals surface area contributed by atoms with Crippen LogP contribution in [0.4, 0.5) is 0 Å². The molecule has 3 heterocycles. The number of hydrogen-bond acceptors (Lipinski definition) is 4. The van der Waals surface area contributed by atoms with Crippen LogP contribution in [0.5, 0.6) is 5.75 Å². The molecule has 0 spiro atoms. The maximum Gasteiger partial charge on any atom is 0.268 e. The maximum atomic E-state index is 11.2. The van der Waals surface area contributed by atoms with Gasteiger partial charge < -0.3 is 10.5 Å². The highest BCUT2D eigenvalue weighted by Gasteiger charge is 2.20. The molecule has 2 aromatic rings. The van der Waals surface area contributed by atoms with Crippen LogP contribution in [0.2, 0.25) is 5.15 Å². The second-order valence-electron chi connectivity index (χ2n) is 3.83. The number of nitrogens with two attached hydrogens (primary N) is 1. The Labute approximate surface area is 107 Å². The molecule has 18 heavy (non-hydrogen) atoms. The van der Waals surface area contributed by atoms with Gasteiger partial charge in [0, 0.05) is 12.6 Å². The van der Waals surface area contributed by atoms with Crippen molar-refractivity contribution in [1.82, 2.24) is 14.5 Å². The van der Waals surface area contributed by atoms with Gasteiger partial charge in [-0.1, -0.05) is 11.6 Å². The van der Waals surface area contributed by atoms with E-state index < -0.39 is 5.91 Å². The highest BCUT2D eigenvalue weighted by molar-refractivity contribution is 6.29. The molecule has 1 amide bonds. The van der Waals surface area contributed by atoms with Crippen molar-refractivity contribution in [3.05, 3.63) is 35.0 Å². The van der Waals surface area contributed by atoms with Gasteiger partial charge in [0.15, 0.2) is 11.6 Å². The van der Waals surface area contributed by atoms with E-state index in [1.54, 1.807) is 22.9 Å². The number of fused-ring (bicyclic) bond motifs is 3. The van der Waals surface area contributed by atoms with Gasteiger partial charge in [-0.25, -0.2) is 9.97 Å². The normalized spacial score (nSPS) is 13.2. The number of amides is 1. The zero-order valence-corrected chi connectivity index (χ0v) is 10.0. The Hall–Kier alpha value is -2.08. The molecule has 0 unspecified atom stereocenters. The van der Waals surface area contributed by atoms with Gasteiger partial charge in [0.05, 0.1) is 6.61 Å². The first-order chi connectivity index (χ1) is 8.65. The quantitative estimate of drug-likeness (QED) is 0.778. The van der Waals surface area contributed by atoms with Crippen LogP contribution in [0, 0.1) is 0 Å². The van der Waals surface area contributed by atoms with Gasteiger partial charge in [-0.05, 0) is 12.1 Å². The minimum absolute atomic E-state index is 0.208. The van der Waals surface area contributed by atoms with Crippen LogP contribution in [-0.4, -0.2) is 27.0 Å². The number of imidazole rings is 1. The van der Waals surface area contributed by atoms with Crippen LogP contribution in [0.1, 0.15) is 16.3 Å². The summed E-state index contributed by atoms with van der Waals surface area (Å²) in [6.07, 6.45) is 2.12. The van der Waals surface area contributed by atoms with Crippen molar-refractivity contribution >= 4 is 17.5 Å². The number of hydrogen-bond donors (Lipinski definition) is 1. The Bertz CT molecular complexity index is 638. The highest BCUT2D eigenvalue weighted by Crippen LogP contribution is 2.27. The predicted molar refractivity (Wildman–Crippen MR) is 64.1 cm³/mol. The lowest BCUT2D eigenvalue weighted by molar-refractivity contribution is 0.0996. The largest absolute Gasteiger partial charge is 0.489 e. The summed E-state index contributed by atoms with van der Waals surface area (Å²) in [5, 5.41) is 0.347. The second-order valence-corrected chi connectivity index (χ2v) is 4.22. The second kappa shape index (κ2) is 3.99. The fraction of sp³-hybridized carbons (Fsp3) is 0.182. The van der Waals surface area contributed by atoms with Crippen LogP contribution in [0.3, 0.4) is 0 Å². The Morgan fingerprint density at radius 3 is 3.06 bits per heavy atom. The number of nitrogens with zero attached hydrogens (tertiary/aromatic N) is 3. The van der Waals surface area contributed by atoms with E-state index in [0.29, 0.717) is 35.6 Å². The molecule has 0 saturated heterocycles. The van der Waals surface area contributed by atoms with Crippen molar-refractivity contribution in [2.24, 2.45) is 5.73 Å². The Morgan fingerprint density at radius 2 is 2.28 bits per heavy atom. The number of carbonyl (C=O) groups is 1. The fourth-order valence-corrected chi connectivity index (χ4v) is 1.99. The minimum Gasteiger partial charge on any atom is -0.489 e. The van der Waals surface area contributed by atoms with E-state index in [-0.39, 0.29) is 5.69 Å². The minimum atomic E-state index is -0.569. The molecule has 1 aliphatic heterocycles. The topological polar surface area (TPSA) is 83.0 Å². The van der Waals surface area contributed by atoms with Crippen molar-refractivity contribution in [3.63, 3.8) is 0 Å². The molecular formula is C11H9ClN4O2. The van der Waals surface area contributed by atoms with Crippen LogP contribution in [0.25, 0.3) is 5.82 Å². The van der Waals surface area contributed by atoms with Crippen molar-refractivity contribution in [2.75, 3.05) is 6.61 Å². The summed E-state index contributed by atoms with van der Waals surface area (Å²) in [5.74, 6) is 1.24. The first-order valence-electron chi connectivity index (χ1n) is 5.33. The SMILES string of the molecule is NC(=O)c1cn2c(n1)CCOc1ccc(Cl)nc1-2. The predicted octanol–water partition coefficient (Wildman–Crippen LogP) is 0.954. The van der Waals surface area contributed by atoms with Gasteiger partial charge in [-0.15, -0.1) is 0 Å². The van der Waals surface area contributed by atoms with Gasteiger partial charge in [-0.3, -0.25) is 9.36 Å². The number of halogens is 1. The Balaban J connectivity index is 2.22. The summed E-state index contributed by atoms with van der Waals surface area (Å²) in [6, 6.07) is 3.39. The number of ether oxygens (including phenoxy) is 1. The standard InChI is InChI=1S/C11H9ClN4O2/c12-8-2-1-7-11(15-8)16-5-6(10(13)17)14-9(16)3-4-18-7/h1-2,5H,3-4H2,(H2,13,17). The summed E-state index contributed by atoms with van der Waals surface area (Å²) >= 11 is 5.87. The highest BCUT2D eigenvalue weighted by atomic mass is 35.5. The Kier molecular flexibility index (Phi) is 2.45. The molecule has 6 nitrogen and oxygen atoms in total. The van der Waals surface area contributed by atoms with Gasteiger partial charge in [0.2, 0.25) is 0 Å². The van der Waals surface area contributed by atoms with Crippen molar-refractivity contribution in [2.45, 2.75) is 6.42 Å².